The van der Waals surface area contributed by atoms with Gasteiger partial charge in [0, 0.05) is 26.1 Å². The fourth-order valence-corrected chi connectivity index (χ4v) is 2.37. The lowest BCUT2D eigenvalue weighted by atomic mass is 10.2. The molecule has 24 heavy (non-hydrogen) atoms. The SMILES string of the molecule is COc1ccc(C(=O)N2CCCN2C(=O)CNC(C)=O)c(OC)n1. The first-order chi connectivity index (χ1) is 11.5. The minimum Gasteiger partial charge on any atom is -0.481 e. The zero-order chi connectivity index (χ0) is 17.7. The number of ether oxygens (including phenoxy) is 2. The van der Waals surface area contributed by atoms with Crippen molar-refractivity contribution in [3.05, 3.63) is 17.7 Å². The molecule has 0 bridgehead atoms. The quantitative estimate of drug-likeness (QED) is 0.801. The number of pyridine rings is 1. The molecule has 1 saturated heterocycles. The number of hydrogen-bond donors (Lipinski definition) is 1. The summed E-state index contributed by atoms with van der Waals surface area (Å²) in [5.41, 5.74) is 0.234. The Morgan fingerprint density at radius 1 is 1.17 bits per heavy atom. The van der Waals surface area contributed by atoms with Gasteiger partial charge in [-0.3, -0.25) is 14.4 Å². The lowest BCUT2D eigenvalue weighted by Gasteiger charge is -2.28. The fraction of sp³-hybridized carbons (Fsp3) is 0.467. The van der Waals surface area contributed by atoms with E-state index in [1.54, 1.807) is 12.1 Å². The van der Waals surface area contributed by atoms with E-state index in [4.69, 9.17) is 9.47 Å². The van der Waals surface area contributed by atoms with E-state index < -0.39 is 5.91 Å². The smallest absolute Gasteiger partial charge is 0.277 e. The Hall–Kier alpha value is -2.84. The number of hydrogen-bond acceptors (Lipinski definition) is 6. The second-order valence-electron chi connectivity index (χ2n) is 5.12. The van der Waals surface area contributed by atoms with Crippen LogP contribution in [0.15, 0.2) is 12.1 Å². The first-order valence-electron chi connectivity index (χ1n) is 7.43. The van der Waals surface area contributed by atoms with Crippen LogP contribution in [-0.2, 0) is 9.59 Å². The van der Waals surface area contributed by atoms with Crippen molar-refractivity contribution in [1.29, 1.82) is 0 Å². The molecule has 9 heteroatoms. The molecule has 1 aliphatic heterocycles. The lowest BCUT2D eigenvalue weighted by Crippen LogP contribution is -2.48. The van der Waals surface area contributed by atoms with Gasteiger partial charge in [0.2, 0.25) is 17.7 Å². The third kappa shape index (κ3) is 3.73. The van der Waals surface area contributed by atoms with E-state index >= 15 is 0 Å². The molecule has 1 aromatic rings. The lowest BCUT2D eigenvalue weighted by molar-refractivity contribution is -0.140. The maximum Gasteiger partial charge on any atom is 0.277 e. The Labute approximate surface area is 139 Å². The van der Waals surface area contributed by atoms with Crippen LogP contribution in [0.5, 0.6) is 11.8 Å². The monoisotopic (exact) mass is 336 g/mol. The zero-order valence-corrected chi connectivity index (χ0v) is 13.9. The molecule has 0 aliphatic carbocycles. The van der Waals surface area contributed by atoms with Crippen molar-refractivity contribution < 1.29 is 23.9 Å². The minimum atomic E-state index is -0.393. The van der Waals surface area contributed by atoms with Crippen LogP contribution in [0.1, 0.15) is 23.7 Å². The molecule has 2 rings (SSSR count). The Bertz CT molecular complexity index is 649. The summed E-state index contributed by atoms with van der Waals surface area (Å²) in [5, 5.41) is 5.12. The van der Waals surface area contributed by atoms with Crippen LogP contribution in [0.4, 0.5) is 0 Å². The average molecular weight is 336 g/mol. The van der Waals surface area contributed by atoms with Crippen LogP contribution >= 0.6 is 0 Å². The maximum atomic E-state index is 12.8. The van der Waals surface area contributed by atoms with Gasteiger partial charge in [-0.2, -0.15) is 4.98 Å². The molecule has 0 spiro atoms. The highest BCUT2D eigenvalue weighted by molar-refractivity contribution is 5.98. The number of methoxy groups -OCH3 is 2. The topological polar surface area (TPSA) is 101 Å². The standard InChI is InChI=1S/C15H20N4O5/c1-10(20)16-9-13(21)18-7-4-8-19(18)15(22)11-5-6-12(23-2)17-14(11)24-3/h5-6H,4,7-9H2,1-3H3,(H,16,20). The molecule has 3 amide bonds. The molecule has 9 nitrogen and oxygen atoms in total. The van der Waals surface area contributed by atoms with Crippen LogP contribution in [0.3, 0.4) is 0 Å². The Balaban J connectivity index is 2.18. The number of nitrogens with zero attached hydrogens (tertiary/aromatic N) is 3. The summed E-state index contributed by atoms with van der Waals surface area (Å²) in [7, 11) is 2.87. The van der Waals surface area contributed by atoms with Crippen molar-refractivity contribution in [2.45, 2.75) is 13.3 Å². The predicted molar refractivity (Wildman–Crippen MR) is 83.4 cm³/mol. The second kappa shape index (κ2) is 7.62. The van der Waals surface area contributed by atoms with Gasteiger partial charge in [-0.05, 0) is 12.5 Å². The summed E-state index contributed by atoms with van der Waals surface area (Å²) in [5.74, 6) is -0.600. The fourth-order valence-electron chi connectivity index (χ4n) is 2.37. The van der Waals surface area contributed by atoms with Crippen LogP contribution in [-0.4, -0.2) is 66.6 Å². The Morgan fingerprint density at radius 3 is 2.50 bits per heavy atom. The van der Waals surface area contributed by atoms with Crippen LogP contribution < -0.4 is 14.8 Å². The molecule has 1 fully saturated rings. The summed E-state index contributed by atoms with van der Waals surface area (Å²) in [6.07, 6.45) is 0.656. The van der Waals surface area contributed by atoms with Gasteiger partial charge >= 0.3 is 0 Å². The number of nitrogens with one attached hydrogen (secondary N) is 1. The molecule has 1 aliphatic rings. The predicted octanol–water partition coefficient (Wildman–Crippen LogP) is -0.176. The zero-order valence-electron chi connectivity index (χ0n) is 13.9. The van der Waals surface area contributed by atoms with Crippen molar-refractivity contribution in [1.82, 2.24) is 20.3 Å². The molecular weight excluding hydrogens is 316 g/mol. The highest BCUT2D eigenvalue weighted by Gasteiger charge is 2.32. The molecule has 130 valence electrons. The number of hydrazine groups is 1. The van der Waals surface area contributed by atoms with E-state index in [9.17, 15) is 14.4 Å². The van der Waals surface area contributed by atoms with E-state index in [0.717, 1.165) is 0 Å². The molecule has 0 saturated carbocycles. The van der Waals surface area contributed by atoms with Crippen LogP contribution in [0.25, 0.3) is 0 Å². The Kier molecular flexibility index (Phi) is 5.56. The summed E-state index contributed by atoms with van der Waals surface area (Å²) < 4.78 is 10.2. The van der Waals surface area contributed by atoms with Gasteiger partial charge in [0.05, 0.1) is 20.8 Å². The van der Waals surface area contributed by atoms with Gasteiger partial charge in [0.15, 0.2) is 0 Å². The molecule has 1 aromatic heterocycles. The number of carbonyl (C=O) groups excluding carboxylic acids is 3. The van der Waals surface area contributed by atoms with Gasteiger partial charge < -0.3 is 14.8 Å². The molecular formula is C15H20N4O5. The van der Waals surface area contributed by atoms with Gasteiger partial charge in [0.1, 0.15) is 5.56 Å². The van der Waals surface area contributed by atoms with Crippen molar-refractivity contribution in [3.63, 3.8) is 0 Å². The Morgan fingerprint density at radius 2 is 1.88 bits per heavy atom. The van der Waals surface area contributed by atoms with E-state index in [-0.39, 0.29) is 29.8 Å². The highest BCUT2D eigenvalue weighted by atomic mass is 16.5. The third-order valence-corrected chi connectivity index (χ3v) is 3.51. The summed E-state index contributed by atoms with van der Waals surface area (Å²) in [4.78, 5) is 40.0. The maximum absolute atomic E-state index is 12.8. The molecule has 2 heterocycles. The van der Waals surface area contributed by atoms with Crippen molar-refractivity contribution in [3.8, 4) is 11.8 Å². The number of amides is 3. The van der Waals surface area contributed by atoms with Crippen LogP contribution in [0, 0.1) is 0 Å². The first-order valence-corrected chi connectivity index (χ1v) is 7.43. The number of carbonyl (C=O) groups is 3. The van der Waals surface area contributed by atoms with E-state index in [1.807, 2.05) is 0 Å². The summed E-state index contributed by atoms with van der Waals surface area (Å²) in [6.45, 7) is 1.99. The molecule has 0 atom stereocenters. The summed E-state index contributed by atoms with van der Waals surface area (Å²) in [6, 6.07) is 3.09. The van der Waals surface area contributed by atoms with Crippen molar-refractivity contribution in [2.24, 2.45) is 0 Å². The normalized spacial score (nSPS) is 13.6. The summed E-state index contributed by atoms with van der Waals surface area (Å²) >= 11 is 0. The molecule has 0 radical (unpaired) electrons. The van der Waals surface area contributed by atoms with E-state index in [0.29, 0.717) is 25.4 Å². The number of aromatic nitrogens is 1. The minimum absolute atomic E-state index is 0.125. The molecule has 0 aromatic carbocycles. The highest BCUT2D eigenvalue weighted by Crippen LogP contribution is 2.23. The van der Waals surface area contributed by atoms with Gasteiger partial charge in [-0.15, -0.1) is 0 Å². The average Bonchev–Trinajstić information content (AvgIpc) is 3.08. The largest absolute Gasteiger partial charge is 0.481 e. The van der Waals surface area contributed by atoms with Crippen molar-refractivity contribution in [2.75, 3.05) is 33.9 Å². The van der Waals surface area contributed by atoms with Gasteiger partial charge in [0.25, 0.3) is 11.8 Å². The first kappa shape index (κ1) is 17.5. The molecule has 1 N–H and O–H groups in total. The van der Waals surface area contributed by atoms with Gasteiger partial charge in [-0.1, -0.05) is 0 Å². The van der Waals surface area contributed by atoms with Crippen molar-refractivity contribution >= 4 is 17.7 Å². The van der Waals surface area contributed by atoms with E-state index in [2.05, 4.69) is 10.3 Å². The van der Waals surface area contributed by atoms with Crippen LogP contribution in [0.2, 0.25) is 0 Å². The second-order valence-corrected chi connectivity index (χ2v) is 5.12. The van der Waals surface area contributed by atoms with E-state index in [1.165, 1.54) is 31.2 Å². The molecule has 0 unspecified atom stereocenters. The number of rotatable bonds is 5. The van der Waals surface area contributed by atoms with Gasteiger partial charge in [-0.25, -0.2) is 10.0 Å². The third-order valence-electron chi connectivity index (χ3n) is 3.51.